The summed E-state index contributed by atoms with van der Waals surface area (Å²) in [4.78, 5) is 5.05. The van der Waals surface area contributed by atoms with Crippen LogP contribution >= 0.6 is 11.3 Å². The molecule has 0 aliphatic rings. The van der Waals surface area contributed by atoms with Crippen molar-refractivity contribution in [3.8, 4) is 5.19 Å². The Morgan fingerprint density at radius 3 is 3.10 bits per heavy atom. The van der Waals surface area contributed by atoms with Crippen LogP contribution in [-0.4, -0.2) is 11.6 Å². The summed E-state index contributed by atoms with van der Waals surface area (Å²) in [5.74, 6) is 0. The van der Waals surface area contributed by atoms with E-state index in [1.54, 1.807) is 6.20 Å². The summed E-state index contributed by atoms with van der Waals surface area (Å²) in [7, 11) is 0. The van der Waals surface area contributed by atoms with Crippen LogP contribution in [0.15, 0.2) is 6.20 Å². The van der Waals surface area contributed by atoms with Crippen LogP contribution in [-0.2, 0) is 6.54 Å². The van der Waals surface area contributed by atoms with Gasteiger partial charge in [-0.3, -0.25) is 0 Å². The van der Waals surface area contributed by atoms with Gasteiger partial charge in [-0.25, -0.2) is 4.98 Å². The number of thiazole rings is 1. The first-order valence-electron chi connectivity index (χ1n) is 3.14. The molecule has 1 heterocycles. The highest BCUT2D eigenvalue weighted by atomic mass is 32.1. The maximum Gasteiger partial charge on any atom is 0.273 e. The molecule has 0 spiro atoms. The fourth-order valence-corrected chi connectivity index (χ4v) is 1.27. The van der Waals surface area contributed by atoms with Gasteiger partial charge in [0, 0.05) is 17.6 Å². The number of aromatic nitrogens is 1. The summed E-state index contributed by atoms with van der Waals surface area (Å²) in [5, 5.41) is 0.711. The maximum atomic E-state index is 5.37. The number of ether oxygens (including phenoxy) is 1. The Hall–Kier alpha value is -0.610. The molecule has 0 radical (unpaired) electrons. The van der Waals surface area contributed by atoms with E-state index in [2.05, 4.69) is 4.98 Å². The van der Waals surface area contributed by atoms with Crippen LogP contribution in [0.2, 0.25) is 0 Å². The van der Waals surface area contributed by atoms with Gasteiger partial charge in [0.1, 0.15) is 0 Å². The van der Waals surface area contributed by atoms with Crippen LogP contribution in [0.25, 0.3) is 0 Å². The molecular formula is C6H10N2OS. The Labute approximate surface area is 63.8 Å². The number of nitrogens with zero attached hydrogens (tertiary/aromatic N) is 1. The van der Waals surface area contributed by atoms with E-state index in [0.717, 1.165) is 4.88 Å². The van der Waals surface area contributed by atoms with Crippen molar-refractivity contribution in [2.75, 3.05) is 6.61 Å². The third kappa shape index (κ3) is 1.68. The van der Waals surface area contributed by atoms with E-state index in [1.807, 2.05) is 6.92 Å². The largest absolute Gasteiger partial charge is 0.470 e. The van der Waals surface area contributed by atoms with Gasteiger partial charge in [0.2, 0.25) is 0 Å². The molecule has 2 N–H and O–H groups in total. The van der Waals surface area contributed by atoms with Gasteiger partial charge in [0.15, 0.2) is 0 Å². The molecule has 0 saturated carbocycles. The first-order chi connectivity index (χ1) is 4.86. The molecule has 1 rings (SSSR count). The van der Waals surface area contributed by atoms with E-state index in [1.165, 1.54) is 11.3 Å². The average Bonchev–Trinajstić information content (AvgIpc) is 2.37. The van der Waals surface area contributed by atoms with Crippen molar-refractivity contribution in [2.24, 2.45) is 5.73 Å². The number of nitrogens with two attached hydrogens (primary N) is 1. The van der Waals surface area contributed by atoms with Gasteiger partial charge in [-0.15, -0.1) is 0 Å². The van der Waals surface area contributed by atoms with Gasteiger partial charge in [0.25, 0.3) is 5.19 Å². The number of hydrogen-bond acceptors (Lipinski definition) is 4. The fraction of sp³-hybridized carbons (Fsp3) is 0.500. The Bertz CT molecular complexity index is 199. The lowest BCUT2D eigenvalue weighted by Gasteiger charge is -1.92. The predicted octanol–water partition coefficient (Wildman–Crippen LogP) is 1.00. The minimum absolute atomic E-state index is 0.546. The van der Waals surface area contributed by atoms with Crippen molar-refractivity contribution in [1.29, 1.82) is 0 Å². The van der Waals surface area contributed by atoms with Crippen molar-refractivity contribution in [3.05, 3.63) is 11.1 Å². The van der Waals surface area contributed by atoms with Crippen LogP contribution < -0.4 is 10.5 Å². The van der Waals surface area contributed by atoms with Gasteiger partial charge in [0.05, 0.1) is 6.61 Å². The number of rotatable bonds is 3. The summed E-state index contributed by atoms with van der Waals surface area (Å²) in [6.45, 7) is 3.14. The molecule has 0 saturated heterocycles. The molecule has 3 nitrogen and oxygen atoms in total. The lowest BCUT2D eigenvalue weighted by Crippen LogP contribution is -1.91. The summed E-state index contributed by atoms with van der Waals surface area (Å²) < 4.78 is 5.14. The molecule has 0 aliphatic carbocycles. The molecule has 56 valence electrons. The highest BCUT2D eigenvalue weighted by Gasteiger charge is 1.98. The first kappa shape index (κ1) is 7.50. The Balaban J connectivity index is 2.59. The molecule has 1 aromatic heterocycles. The van der Waals surface area contributed by atoms with Gasteiger partial charge in [-0.1, -0.05) is 11.3 Å². The number of hydrogen-bond donors (Lipinski definition) is 1. The van der Waals surface area contributed by atoms with Crippen molar-refractivity contribution in [1.82, 2.24) is 4.98 Å². The topological polar surface area (TPSA) is 48.1 Å². The smallest absolute Gasteiger partial charge is 0.273 e. The SMILES string of the molecule is CCOc1ncc(CN)s1. The first-order valence-corrected chi connectivity index (χ1v) is 3.96. The van der Waals surface area contributed by atoms with E-state index in [4.69, 9.17) is 10.5 Å². The van der Waals surface area contributed by atoms with Crippen LogP contribution in [0.1, 0.15) is 11.8 Å². The van der Waals surface area contributed by atoms with Crippen molar-refractivity contribution in [3.63, 3.8) is 0 Å². The van der Waals surface area contributed by atoms with Gasteiger partial charge < -0.3 is 10.5 Å². The quantitative estimate of drug-likeness (QED) is 0.714. The van der Waals surface area contributed by atoms with Crippen LogP contribution in [0, 0.1) is 0 Å². The zero-order chi connectivity index (χ0) is 7.40. The van der Waals surface area contributed by atoms with E-state index in [-0.39, 0.29) is 0 Å². The lowest BCUT2D eigenvalue weighted by molar-refractivity contribution is 0.338. The van der Waals surface area contributed by atoms with Crippen molar-refractivity contribution < 1.29 is 4.74 Å². The lowest BCUT2D eigenvalue weighted by atomic mass is 10.6. The molecule has 0 fully saturated rings. The van der Waals surface area contributed by atoms with Gasteiger partial charge in [-0.05, 0) is 6.92 Å². The molecule has 0 amide bonds. The van der Waals surface area contributed by atoms with Crippen LogP contribution in [0.5, 0.6) is 5.19 Å². The fourth-order valence-electron chi connectivity index (χ4n) is 0.574. The van der Waals surface area contributed by atoms with Gasteiger partial charge in [-0.2, -0.15) is 0 Å². The highest BCUT2D eigenvalue weighted by Crippen LogP contribution is 2.19. The second-order valence-corrected chi connectivity index (χ2v) is 2.81. The monoisotopic (exact) mass is 158 g/mol. The predicted molar refractivity (Wildman–Crippen MR) is 41.2 cm³/mol. The van der Waals surface area contributed by atoms with Crippen LogP contribution in [0.3, 0.4) is 0 Å². The van der Waals surface area contributed by atoms with E-state index < -0.39 is 0 Å². The van der Waals surface area contributed by atoms with Crippen molar-refractivity contribution >= 4 is 11.3 Å². The molecule has 4 heteroatoms. The minimum Gasteiger partial charge on any atom is -0.470 e. The molecule has 1 aromatic rings. The third-order valence-corrected chi connectivity index (χ3v) is 1.93. The summed E-state index contributed by atoms with van der Waals surface area (Å²) in [6, 6.07) is 0. The van der Waals surface area contributed by atoms with Crippen LogP contribution in [0.4, 0.5) is 0 Å². The third-order valence-electron chi connectivity index (χ3n) is 1.00. The standard InChI is InChI=1S/C6H10N2OS/c1-2-9-6-8-4-5(3-7)10-6/h4H,2-3,7H2,1H3. The molecule has 10 heavy (non-hydrogen) atoms. The molecular weight excluding hydrogens is 148 g/mol. The second-order valence-electron chi connectivity index (χ2n) is 1.73. The Morgan fingerprint density at radius 2 is 2.60 bits per heavy atom. The van der Waals surface area contributed by atoms with E-state index >= 15 is 0 Å². The maximum absolute atomic E-state index is 5.37. The van der Waals surface area contributed by atoms with Crippen molar-refractivity contribution in [2.45, 2.75) is 13.5 Å². The molecule has 0 atom stereocenters. The molecule has 0 unspecified atom stereocenters. The molecule has 0 aromatic carbocycles. The zero-order valence-electron chi connectivity index (χ0n) is 5.83. The molecule has 0 bridgehead atoms. The van der Waals surface area contributed by atoms with Gasteiger partial charge >= 0.3 is 0 Å². The Morgan fingerprint density at radius 1 is 1.80 bits per heavy atom. The second kappa shape index (κ2) is 3.53. The highest BCUT2D eigenvalue weighted by molar-refractivity contribution is 7.13. The zero-order valence-corrected chi connectivity index (χ0v) is 6.65. The normalized spacial score (nSPS) is 9.80. The summed E-state index contributed by atoms with van der Waals surface area (Å²) in [5.41, 5.74) is 5.37. The summed E-state index contributed by atoms with van der Waals surface area (Å²) in [6.07, 6.45) is 1.75. The minimum atomic E-state index is 0.546. The van der Waals surface area contributed by atoms with E-state index in [0.29, 0.717) is 18.3 Å². The Kier molecular flexibility index (Phi) is 2.65. The average molecular weight is 158 g/mol. The van der Waals surface area contributed by atoms with E-state index in [9.17, 15) is 0 Å². The molecule has 0 aliphatic heterocycles. The summed E-state index contributed by atoms with van der Waals surface area (Å²) >= 11 is 1.50.